The molecule has 0 spiro atoms. The Labute approximate surface area is 66.4 Å². The molecule has 1 aromatic heterocycles. The number of hydrogen-bond donors (Lipinski definition) is 2. The van der Waals surface area contributed by atoms with E-state index in [1.807, 2.05) is 0 Å². The van der Waals surface area contributed by atoms with E-state index in [1.165, 1.54) is 0 Å². The van der Waals surface area contributed by atoms with Gasteiger partial charge in [-0.3, -0.25) is 0 Å². The second kappa shape index (κ2) is 2.16. The van der Waals surface area contributed by atoms with Gasteiger partial charge in [0, 0.05) is 13.8 Å². The summed E-state index contributed by atoms with van der Waals surface area (Å²) in [6.45, 7) is 3.40. The van der Waals surface area contributed by atoms with E-state index >= 15 is 0 Å². The van der Waals surface area contributed by atoms with Crippen LogP contribution in [0.2, 0.25) is 0 Å². The minimum absolute atomic E-state index is 0.225. The van der Waals surface area contributed by atoms with Crippen molar-refractivity contribution in [2.45, 2.75) is 13.8 Å². The van der Waals surface area contributed by atoms with E-state index in [4.69, 9.17) is 10.4 Å². The average Bonchev–Trinajstić information content (AvgIpc) is 2.07. The SMILES string of the molecule is Cc1c(C)[n+](O)c(Br)n1O. The summed E-state index contributed by atoms with van der Waals surface area (Å²) in [7, 11) is 0. The molecule has 0 atom stereocenters. The molecule has 0 bridgehead atoms. The van der Waals surface area contributed by atoms with E-state index in [2.05, 4.69) is 15.9 Å². The Morgan fingerprint density at radius 1 is 1.50 bits per heavy atom. The molecular formula is C5H8BrN2O2+. The molecule has 1 heterocycles. The average molecular weight is 208 g/mol. The monoisotopic (exact) mass is 207 g/mol. The summed E-state index contributed by atoms with van der Waals surface area (Å²) in [6.07, 6.45) is 0. The fourth-order valence-corrected chi connectivity index (χ4v) is 1.20. The zero-order valence-electron chi connectivity index (χ0n) is 5.67. The van der Waals surface area contributed by atoms with Gasteiger partial charge >= 0.3 is 4.73 Å². The molecular weight excluding hydrogens is 200 g/mol. The predicted octanol–water partition coefficient (Wildman–Crippen LogP) is 0.630. The van der Waals surface area contributed by atoms with Crippen LogP contribution in [0.3, 0.4) is 0 Å². The molecule has 10 heavy (non-hydrogen) atoms. The van der Waals surface area contributed by atoms with Gasteiger partial charge < -0.3 is 10.4 Å². The van der Waals surface area contributed by atoms with Gasteiger partial charge in [0.2, 0.25) is 0 Å². The first-order valence-electron chi connectivity index (χ1n) is 2.73. The van der Waals surface area contributed by atoms with E-state index in [-0.39, 0.29) is 4.73 Å². The molecule has 1 rings (SSSR count). The molecule has 5 heteroatoms. The molecule has 0 aliphatic carbocycles. The summed E-state index contributed by atoms with van der Waals surface area (Å²) >= 11 is 2.98. The fourth-order valence-electron chi connectivity index (χ4n) is 0.673. The quantitative estimate of drug-likeness (QED) is 0.485. The van der Waals surface area contributed by atoms with E-state index in [9.17, 15) is 0 Å². The fraction of sp³-hybridized carbons (Fsp3) is 0.400. The summed E-state index contributed by atoms with van der Waals surface area (Å²) in [5.74, 6) is 0. The first-order chi connectivity index (χ1) is 4.55. The van der Waals surface area contributed by atoms with Crippen molar-refractivity contribution >= 4 is 15.9 Å². The van der Waals surface area contributed by atoms with E-state index in [0.717, 1.165) is 9.46 Å². The van der Waals surface area contributed by atoms with Gasteiger partial charge in [-0.15, -0.1) is 0 Å². The molecule has 0 fully saturated rings. The van der Waals surface area contributed by atoms with E-state index in [0.29, 0.717) is 11.4 Å². The Morgan fingerprint density at radius 3 is 2.10 bits per heavy atom. The van der Waals surface area contributed by atoms with Crippen molar-refractivity contribution in [1.29, 1.82) is 0 Å². The van der Waals surface area contributed by atoms with Crippen molar-refractivity contribution < 1.29 is 15.1 Å². The molecule has 0 saturated carbocycles. The Balaban J connectivity index is 3.44. The third-order valence-electron chi connectivity index (χ3n) is 1.51. The maximum atomic E-state index is 9.10. The standard InChI is InChI=1S/C5H8BrN2O2/c1-3-4(2)8(10)5(6)7(3)9/h9-10H,1-2H3/q+1. The van der Waals surface area contributed by atoms with Crippen molar-refractivity contribution in [3.8, 4) is 0 Å². The topological polar surface area (TPSA) is 49.3 Å². The highest BCUT2D eigenvalue weighted by Crippen LogP contribution is 2.09. The van der Waals surface area contributed by atoms with Crippen LogP contribution in [0.5, 0.6) is 0 Å². The molecule has 4 nitrogen and oxygen atoms in total. The van der Waals surface area contributed by atoms with Crippen LogP contribution >= 0.6 is 15.9 Å². The normalized spacial score (nSPS) is 10.3. The van der Waals surface area contributed by atoms with Crippen LogP contribution in [0, 0.1) is 13.8 Å². The van der Waals surface area contributed by atoms with Crippen molar-refractivity contribution in [3.05, 3.63) is 16.1 Å². The maximum Gasteiger partial charge on any atom is 0.403 e. The summed E-state index contributed by atoms with van der Waals surface area (Å²) in [4.78, 5) is 0. The zero-order valence-corrected chi connectivity index (χ0v) is 7.25. The maximum absolute atomic E-state index is 9.10. The van der Waals surface area contributed by atoms with Gasteiger partial charge in [-0.1, -0.05) is 0 Å². The van der Waals surface area contributed by atoms with Crippen LogP contribution in [0.1, 0.15) is 11.4 Å². The minimum atomic E-state index is 0.225. The lowest BCUT2D eigenvalue weighted by Crippen LogP contribution is -2.32. The third kappa shape index (κ3) is 0.775. The highest BCUT2D eigenvalue weighted by Gasteiger charge is 2.22. The first-order valence-corrected chi connectivity index (χ1v) is 3.53. The van der Waals surface area contributed by atoms with Crippen LogP contribution in [-0.4, -0.2) is 15.1 Å². The number of halogens is 1. The first kappa shape index (κ1) is 7.40. The molecule has 0 aromatic carbocycles. The van der Waals surface area contributed by atoms with Gasteiger partial charge in [0.15, 0.2) is 11.4 Å². The number of hydrogen-bond acceptors (Lipinski definition) is 2. The van der Waals surface area contributed by atoms with Gasteiger partial charge in [0.05, 0.1) is 15.9 Å². The number of nitrogens with zero attached hydrogens (tertiary/aromatic N) is 2. The molecule has 0 saturated heterocycles. The van der Waals surface area contributed by atoms with Crippen LogP contribution in [-0.2, 0) is 0 Å². The van der Waals surface area contributed by atoms with Crippen LogP contribution in [0.25, 0.3) is 0 Å². The summed E-state index contributed by atoms with van der Waals surface area (Å²) in [5.41, 5.74) is 1.21. The summed E-state index contributed by atoms with van der Waals surface area (Å²) in [5, 5.41) is 18.2. The van der Waals surface area contributed by atoms with Crippen molar-refractivity contribution in [2.24, 2.45) is 0 Å². The third-order valence-corrected chi connectivity index (χ3v) is 2.18. The van der Waals surface area contributed by atoms with Crippen molar-refractivity contribution in [3.63, 3.8) is 0 Å². The molecule has 2 N–H and O–H groups in total. The Hall–Kier alpha value is -0.710. The molecule has 0 radical (unpaired) electrons. The Morgan fingerprint density at radius 2 is 2.00 bits per heavy atom. The number of rotatable bonds is 0. The Bertz CT molecular complexity index is 189. The smallest absolute Gasteiger partial charge is 0.349 e. The van der Waals surface area contributed by atoms with Crippen LogP contribution in [0.15, 0.2) is 4.73 Å². The van der Waals surface area contributed by atoms with E-state index < -0.39 is 0 Å². The highest BCUT2D eigenvalue weighted by molar-refractivity contribution is 9.10. The molecule has 0 aliphatic rings. The molecule has 56 valence electrons. The second-order valence-corrected chi connectivity index (χ2v) is 2.77. The summed E-state index contributed by atoms with van der Waals surface area (Å²) in [6, 6.07) is 0. The lowest BCUT2D eigenvalue weighted by Gasteiger charge is -1.81. The van der Waals surface area contributed by atoms with E-state index in [1.54, 1.807) is 13.8 Å². The second-order valence-electron chi connectivity index (χ2n) is 2.06. The lowest BCUT2D eigenvalue weighted by atomic mass is 10.4. The molecule has 1 aromatic rings. The van der Waals surface area contributed by atoms with Gasteiger partial charge in [-0.2, -0.15) is 0 Å². The number of imidazole rings is 1. The molecule has 0 aliphatic heterocycles. The zero-order chi connectivity index (χ0) is 7.89. The molecule has 0 amide bonds. The van der Waals surface area contributed by atoms with Gasteiger partial charge in [-0.05, 0) is 9.46 Å². The Kier molecular flexibility index (Phi) is 1.60. The van der Waals surface area contributed by atoms with Crippen molar-refractivity contribution in [1.82, 2.24) is 4.73 Å². The summed E-state index contributed by atoms with van der Waals surface area (Å²) < 4.78 is 1.97. The minimum Gasteiger partial charge on any atom is -0.349 e. The largest absolute Gasteiger partial charge is 0.403 e. The highest BCUT2D eigenvalue weighted by atomic mass is 79.9. The predicted molar refractivity (Wildman–Crippen MR) is 36.2 cm³/mol. The van der Waals surface area contributed by atoms with Gasteiger partial charge in [0.25, 0.3) is 0 Å². The lowest BCUT2D eigenvalue weighted by molar-refractivity contribution is -0.917. The van der Waals surface area contributed by atoms with Gasteiger partial charge in [0.1, 0.15) is 0 Å². The van der Waals surface area contributed by atoms with Crippen molar-refractivity contribution in [2.75, 3.05) is 0 Å². The van der Waals surface area contributed by atoms with Crippen LogP contribution in [0.4, 0.5) is 0 Å². The van der Waals surface area contributed by atoms with Gasteiger partial charge in [-0.25, -0.2) is 0 Å². The molecule has 0 unspecified atom stereocenters. The number of aromatic nitrogens is 2. The van der Waals surface area contributed by atoms with Crippen LogP contribution < -0.4 is 4.73 Å².